The first-order valence-corrected chi connectivity index (χ1v) is 7.73. The number of ether oxygens (including phenoxy) is 1. The lowest BCUT2D eigenvalue weighted by Gasteiger charge is -2.35. The number of carbonyl (C=O) groups is 2. The summed E-state index contributed by atoms with van der Waals surface area (Å²) in [5.41, 5.74) is -1.20. The van der Waals surface area contributed by atoms with Crippen LogP contribution in [0, 0.1) is 11.3 Å². The topological polar surface area (TPSA) is 139 Å². The number of aliphatic carboxylic acids is 1. The molecule has 4 N–H and O–H groups in total. The van der Waals surface area contributed by atoms with Crippen LogP contribution in [0.25, 0.3) is 10.9 Å². The second kappa shape index (κ2) is 5.65. The number of benzene rings is 1. The van der Waals surface area contributed by atoms with Crippen molar-refractivity contribution >= 4 is 38.9 Å². The minimum Gasteiger partial charge on any atom is -0.480 e. The van der Waals surface area contributed by atoms with Gasteiger partial charge in [0.1, 0.15) is 11.6 Å². The molecule has 27 heavy (non-hydrogen) atoms. The van der Waals surface area contributed by atoms with Crippen LogP contribution in [0.3, 0.4) is 0 Å². The number of rotatable bonds is 1. The first-order chi connectivity index (χ1) is 12.5. The van der Waals surface area contributed by atoms with Gasteiger partial charge in [0.15, 0.2) is 0 Å². The number of aromatic nitrogens is 1. The highest BCUT2D eigenvalue weighted by Crippen LogP contribution is 2.56. The summed E-state index contributed by atoms with van der Waals surface area (Å²) >= 11 is 3.05. The van der Waals surface area contributed by atoms with Gasteiger partial charge in [-0.15, -0.1) is 0 Å². The summed E-state index contributed by atoms with van der Waals surface area (Å²) in [6.07, 6.45) is -7.26. The Kier molecular flexibility index (Phi) is 3.89. The van der Waals surface area contributed by atoms with E-state index in [2.05, 4.69) is 15.9 Å². The van der Waals surface area contributed by atoms with E-state index in [4.69, 9.17) is 10.5 Å². The molecule has 0 saturated heterocycles. The number of carboxylic acids is 1. The lowest BCUT2D eigenvalue weighted by Crippen LogP contribution is -2.53. The van der Waals surface area contributed by atoms with Crippen molar-refractivity contribution in [2.45, 2.75) is 11.6 Å². The Labute approximate surface area is 156 Å². The van der Waals surface area contributed by atoms with E-state index in [1.165, 1.54) is 12.1 Å². The molecule has 3 rings (SSSR count). The highest BCUT2D eigenvalue weighted by molar-refractivity contribution is 9.10. The van der Waals surface area contributed by atoms with Crippen molar-refractivity contribution in [3.05, 3.63) is 39.7 Å². The minimum atomic E-state index is -5.53. The number of alkyl halides is 3. The Morgan fingerprint density at radius 1 is 1.33 bits per heavy atom. The average Bonchev–Trinajstić information content (AvgIpc) is 2.85. The Morgan fingerprint density at radius 2 is 1.96 bits per heavy atom. The second-order valence-electron chi connectivity index (χ2n) is 5.47. The summed E-state index contributed by atoms with van der Waals surface area (Å²) in [6.45, 7) is 0. The maximum atomic E-state index is 14.1. The molecule has 0 amide bonds. The van der Waals surface area contributed by atoms with Gasteiger partial charge in [-0.05, 0) is 18.2 Å². The van der Waals surface area contributed by atoms with Crippen molar-refractivity contribution in [3.63, 3.8) is 0 Å². The summed E-state index contributed by atoms with van der Waals surface area (Å²) in [7, 11) is 0. The molecule has 0 saturated carbocycles. The molecule has 0 unspecified atom stereocenters. The molecule has 0 spiro atoms. The highest BCUT2D eigenvalue weighted by Gasteiger charge is 2.70. The van der Waals surface area contributed by atoms with E-state index in [0.29, 0.717) is 4.57 Å². The first-order valence-electron chi connectivity index (χ1n) is 6.94. The van der Waals surface area contributed by atoms with Gasteiger partial charge in [0.25, 0.3) is 0 Å². The summed E-state index contributed by atoms with van der Waals surface area (Å²) in [4.78, 5) is 23.6. The number of nitrogens with zero attached hydrogens (tertiary/aromatic N) is 2. The number of nitrogens with two attached hydrogens (primary N) is 1. The number of hydrogen-bond acceptors (Lipinski definition) is 5. The minimum absolute atomic E-state index is 0.253. The van der Waals surface area contributed by atoms with E-state index >= 15 is 0 Å². The number of fused-ring (bicyclic) bond motifs is 3. The van der Waals surface area contributed by atoms with Crippen molar-refractivity contribution in [1.82, 2.24) is 4.57 Å². The van der Waals surface area contributed by atoms with Gasteiger partial charge in [0.2, 0.25) is 17.2 Å². The monoisotopic (exact) mass is 445 g/mol. The van der Waals surface area contributed by atoms with Crippen LogP contribution in [0.5, 0.6) is 5.88 Å². The third-order valence-electron chi connectivity index (χ3n) is 4.14. The fraction of sp³-hybridized carbons (Fsp3) is 0.133. The van der Waals surface area contributed by atoms with Crippen molar-refractivity contribution in [2.75, 3.05) is 0 Å². The SMILES string of the molecule is N#CC1=C(N)Oc2c(c3cc(Br)ccc3n2C(=O)O)[C@]1(C(=O)O)C(F)(F)F. The Bertz CT molecular complexity index is 1100. The van der Waals surface area contributed by atoms with E-state index in [-0.39, 0.29) is 15.4 Å². The van der Waals surface area contributed by atoms with Gasteiger partial charge in [0, 0.05) is 9.86 Å². The van der Waals surface area contributed by atoms with E-state index < -0.39 is 46.6 Å². The molecule has 1 aliphatic rings. The first kappa shape index (κ1) is 18.6. The molecule has 0 radical (unpaired) electrons. The summed E-state index contributed by atoms with van der Waals surface area (Å²) in [5, 5.41) is 27.9. The molecule has 0 aliphatic carbocycles. The van der Waals surface area contributed by atoms with Crippen molar-refractivity contribution in [3.8, 4) is 11.9 Å². The zero-order valence-electron chi connectivity index (χ0n) is 12.8. The molecule has 1 aromatic carbocycles. The molecule has 140 valence electrons. The largest absolute Gasteiger partial charge is 0.480 e. The van der Waals surface area contributed by atoms with Crippen LogP contribution in [0.15, 0.2) is 34.1 Å². The zero-order valence-corrected chi connectivity index (χ0v) is 14.4. The zero-order chi connectivity index (χ0) is 20.3. The predicted molar refractivity (Wildman–Crippen MR) is 85.9 cm³/mol. The van der Waals surface area contributed by atoms with Gasteiger partial charge in [-0.1, -0.05) is 15.9 Å². The number of carboxylic acid groups (broad SMARTS) is 2. The smallest absolute Gasteiger partial charge is 0.418 e. The van der Waals surface area contributed by atoms with E-state index in [0.717, 1.165) is 12.1 Å². The van der Waals surface area contributed by atoms with Crippen molar-refractivity contribution < 1.29 is 37.7 Å². The Hall–Kier alpha value is -3.20. The molecule has 0 bridgehead atoms. The number of hydrogen-bond donors (Lipinski definition) is 3. The predicted octanol–water partition coefficient (Wildman–Crippen LogP) is 2.90. The van der Waals surface area contributed by atoms with Gasteiger partial charge in [-0.25, -0.2) is 9.36 Å². The Morgan fingerprint density at radius 3 is 2.44 bits per heavy atom. The maximum absolute atomic E-state index is 14.1. The molecular formula is C15H7BrF3N3O5. The lowest BCUT2D eigenvalue weighted by molar-refractivity contribution is -0.197. The quantitative estimate of drug-likeness (QED) is 0.612. The van der Waals surface area contributed by atoms with Crippen LogP contribution >= 0.6 is 15.9 Å². The van der Waals surface area contributed by atoms with E-state index in [1.54, 1.807) is 0 Å². The average molecular weight is 446 g/mol. The van der Waals surface area contributed by atoms with Crippen molar-refractivity contribution in [2.24, 2.45) is 5.73 Å². The van der Waals surface area contributed by atoms with E-state index in [1.807, 2.05) is 0 Å². The molecule has 2 heterocycles. The number of halogens is 4. The number of nitriles is 1. The molecule has 2 aromatic rings. The van der Waals surface area contributed by atoms with Gasteiger partial charge >= 0.3 is 18.2 Å². The summed E-state index contributed by atoms with van der Waals surface area (Å²) in [6, 6.07) is 4.78. The third kappa shape index (κ3) is 2.21. The van der Waals surface area contributed by atoms with Crippen LogP contribution in [-0.4, -0.2) is 33.0 Å². The van der Waals surface area contributed by atoms with Crippen LogP contribution in [0.2, 0.25) is 0 Å². The van der Waals surface area contributed by atoms with Gasteiger partial charge in [-0.2, -0.15) is 18.4 Å². The van der Waals surface area contributed by atoms with Gasteiger partial charge < -0.3 is 20.7 Å². The Balaban J connectivity index is 2.67. The second-order valence-corrected chi connectivity index (χ2v) is 6.38. The molecule has 0 fully saturated rings. The molecule has 12 heteroatoms. The molecule has 1 aliphatic heterocycles. The van der Waals surface area contributed by atoms with Crippen LogP contribution in [0.1, 0.15) is 5.56 Å². The molecule has 8 nitrogen and oxygen atoms in total. The van der Waals surface area contributed by atoms with Gasteiger partial charge in [0.05, 0.1) is 11.1 Å². The third-order valence-corrected chi connectivity index (χ3v) is 4.63. The highest BCUT2D eigenvalue weighted by atomic mass is 79.9. The molecule has 1 atom stereocenters. The summed E-state index contributed by atoms with van der Waals surface area (Å²) < 4.78 is 48.0. The van der Waals surface area contributed by atoms with E-state index in [9.17, 15) is 38.2 Å². The maximum Gasteiger partial charge on any atom is 0.418 e. The fourth-order valence-electron chi connectivity index (χ4n) is 3.11. The van der Waals surface area contributed by atoms with Crippen LogP contribution < -0.4 is 10.5 Å². The van der Waals surface area contributed by atoms with Crippen molar-refractivity contribution in [1.29, 1.82) is 5.26 Å². The van der Waals surface area contributed by atoms with Crippen LogP contribution in [0.4, 0.5) is 18.0 Å². The summed E-state index contributed by atoms with van der Waals surface area (Å²) in [5.74, 6) is -4.52. The normalized spacial score (nSPS) is 19.4. The van der Waals surface area contributed by atoms with Crippen LogP contribution in [-0.2, 0) is 10.2 Å². The standard InChI is InChI=1S/C15H7BrF3N3O5/c16-5-1-2-8-6(3-5)9-11(22(8)13(25)26)27-10(21)7(4-20)14(9,12(23)24)15(17,18)19/h1-3H,21H2,(H,23,24)(H,25,26)/t14-/m1/s1. The molecular weight excluding hydrogens is 439 g/mol. The molecule has 1 aromatic heterocycles. The lowest BCUT2D eigenvalue weighted by atomic mass is 9.72. The fourth-order valence-corrected chi connectivity index (χ4v) is 3.47. The van der Waals surface area contributed by atoms with Gasteiger partial charge in [-0.3, -0.25) is 4.79 Å².